The van der Waals surface area contributed by atoms with Gasteiger partial charge in [0.25, 0.3) is 0 Å². The fraction of sp³-hybridized carbons (Fsp3) is 0.577. The highest BCUT2D eigenvalue weighted by Gasteiger charge is 2.38. The molecule has 1 saturated heterocycles. The van der Waals surface area contributed by atoms with Crippen molar-refractivity contribution >= 4 is 47.0 Å². The highest BCUT2D eigenvalue weighted by atomic mass is 32.2. The summed E-state index contributed by atoms with van der Waals surface area (Å²) in [5.41, 5.74) is 1.78. The minimum atomic E-state index is -0.865. The maximum Gasteiger partial charge on any atom is 0.246 e. The molecule has 0 saturated carbocycles. The molecule has 0 aliphatic carbocycles. The van der Waals surface area contributed by atoms with E-state index >= 15 is 0 Å². The highest BCUT2D eigenvalue weighted by Crippen LogP contribution is 2.23. The fourth-order valence-corrected chi connectivity index (χ4v) is 4.15. The minimum Gasteiger partial charge on any atom is -0.344 e. The molecule has 206 valence electrons. The lowest BCUT2D eigenvalue weighted by Crippen LogP contribution is -2.54. The van der Waals surface area contributed by atoms with E-state index in [1.807, 2.05) is 32.9 Å². The van der Waals surface area contributed by atoms with Crippen LogP contribution in [0.2, 0.25) is 0 Å². The number of hydrogen-bond donors (Lipinski definition) is 3. The molecule has 36 heavy (non-hydrogen) atoms. The van der Waals surface area contributed by atoms with E-state index < -0.39 is 29.1 Å². The van der Waals surface area contributed by atoms with Gasteiger partial charge in [0.1, 0.15) is 12.1 Å². The van der Waals surface area contributed by atoms with E-state index in [1.54, 1.807) is 39.2 Å². The van der Waals surface area contributed by atoms with Gasteiger partial charge < -0.3 is 16.0 Å². The van der Waals surface area contributed by atoms with Crippen LogP contribution < -0.4 is 16.0 Å². The Balaban J connectivity index is -0.00000253. The molecular formula is C26H46N4O5S. The Labute approximate surface area is 223 Å². The molecule has 1 heterocycles. The standard InChI is InChI=1S/C24H34N4O5S.C2H6.3H2/c1-6-16-7-9-17(10-8-16)26-22(31)15(4)25-23(32)21(14(2)3)27-19(29)11-12-28-20(30)13-18(34-5)24(28)33;1-2;;;/h7-10,14-15,18,21H,6,11-13H2,1-5H3,(H,25,32)(H,26,31)(H,27,29);1-2H3;3*1H/t15-,18?,21?;;;;/m0..../s1. The first-order valence-corrected chi connectivity index (χ1v) is 13.7. The van der Waals surface area contributed by atoms with Crippen LogP contribution in [0, 0.1) is 5.92 Å². The van der Waals surface area contributed by atoms with Crippen LogP contribution in [0.5, 0.6) is 0 Å². The third-order valence-corrected chi connectivity index (χ3v) is 6.63. The number of amides is 5. The van der Waals surface area contributed by atoms with Gasteiger partial charge in [-0.15, -0.1) is 0 Å². The smallest absolute Gasteiger partial charge is 0.246 e. The number of carbonyl (C=O) groups is 5. The van der Waals surface area contributed by atoms with E-state index in [2.05, 4.69) is 16.0 Å². The Morgan fingerprint density at radius 2 is 1.67 bits per heavy atom. The maximum absolute atomic E-state index is 12.8. The second-order valence-electron chi connectivity index (χ2n) is 8.62. The third-order valence-electron chi connectivity index (χ3n) is 5.70. The second kappa shape index (κ2) is 15.3. The molecule has 9 nitrogen and oxygen atoms in total. The summed E-state index contributed by atoms with van der Waals surface area (Å²) in [6, 6.07) is 5.77. The Morgan fingerprint density at radius 3 is 2.17 bits per heavy atom. The molecule has 3 N–H and O–H groups in total. The summed E-state index contributed by atoms with van der Waals surface area (Å²) in [5, 5.41) is 7.67. The first-order valence-electron chi connectivity index (χ1n) is 12.4. The predicted octanol–water partition coefficient (Wildman–Crippen LogP) is 3.48. The third kappa shape index (κ3) is 8.96. The van der Waals surface area contributed by atoms with Gasteiger partial charge >= 0.3 is 0 Å². The topological polar surface area (TPSA) is 125 Å². The van der Waals surface area contributed by atoms with Crippen LogP contribution in [0.15, 0.2) is 24.3 Å². The zero-order valence-corrected chi connectivity index (χ0v) is 23.2. The summed E-state index contributed by atoms with van der Waals surface area (Å²) in [6.07, 6.45) is 2.70. The molecule has 0 spiro atoms. The molecule has 0 aromatic heterocycles. The van der Waals surface area contributed by atoms with Crippen molar-refractivity contribution in [2.24, 2.45) is 5.92 Å². The quantitative estimate of drug-likeness (QED) is 0.379. The number of rotatable bonds is 11. The van der Waals surface area contributed by atoms with Gasteiger partial charge in [0.05, 0.1) is 5.25 Å². The van der Waals surface area contributed by atoms with Crippen molar-refractivity contribution in [3.63, 3.8) is 0 Å². The molecule has 0 bridgehead atoms. The number of likely N-dealkylation sites (tertiary alicyclic amines) is 1. The fourth-order valence-electron chi connectivity index (χ4n) is 3.51. The number of aryl methyl sites for hydroxylation is 1. The zero-order valence-electron chi connectivity index (χ0n) is 22.3. The minimum absolute atomic E-state index is 0. The second-order valence-corrected chi connectivity index (χ2v) is 9.66. The maximum atomic E-state index is 12.8. The largest absolute Gasteiger partial charge is 0.344 e. The van der Waals surface area contributed by atoms with Crippen LogP contribution in [0.25, 0.3) is 0 Å². The lowest BCUT2D eigenvalue weighted by Gasteiger charge is -2.24. The van der Waals surface area contributed by atoms with Gasteiger partial charge in [-0.3, -0.25) is 28.9 Å². The molecular weight excluding hydrogens is 480 g/mol. The van der Waals surface area contributed by atoms with Gasteiger partial charge in [0, 0.05) is 29.4 Å². The van der Waals surface area contributed by atoms with Gasteiger partial charge in [-0.25, -0.2) is 0 Å². The first-order chi connectivity index (χ1) is 17.1. The van der Waals surface area contributed by atoms with Crippen molar-refractivity contribution < 1.29 is 28.3 Å². The van der Waals surface area contributed by atoms with Crippen molar-refractivity contribution in [3.05, 3.63) is 29.8 Å². The number of hydrogen-bond acceptors (Lipinski definition) is 6. The van der Waals surface area contributed by atoms with Crippen LogP contribution >= 0.6 is 11.8 Å². The molecule has 1 aromatic rings. The van der Waals surface area contributed by atoms with Gasteiger partial charge in [-0.2, -0.15) is 11.8 Å². The van der Waals surface area contributed by atoms with E-state index in [1.165, 1.54) is 11.8 Å². The number of nitrogens with one attached hydrogen (secondary N) is 3. The van der Waals surface area contributed by atoms with Crippen LogP contribution in [-0.2, 0) is 30.4 Å². The Hall–Kier alpha value is -2.88. The van der Waals surface area contributed by atoms with Gasteiger partial charge in [-0.05, 0) is 43.2 Å². The summed E-state index contributed by atoms with van der Waals surface area (Å²) in [5.74, 6) is -2.12. The monoisotopic (exact) mass is 526 g/mol. The van der Waals surface area contributed by atoms with Crippen LogP contribution in [0.1, 0.15) is 64.2 Å². The van der Waals surface area contributed by atoms with Crippen LogP contribution in [0.4, 0.5) is 5.69 Å². The van der Waals surface area contributed by atoms with Gasteiger partial charge in [-0.1, -0.05) is 46.8 Å². The number of anilines is 1. The number of carbonyl (C=O) groups excluding carboxylic acids is 5. The summed E-state index contributed by atoms with van der Waals surface area (Å²) < 4.78 is 0. The van der Waals surface area contributed by atoms with E-state index in [-0.39, 0.29) is 47.3 Å². The summed E-state index contributed by atoms with van der Waals surface area (Å²) in [4.78, 5) is 63.1. The van der Waals surface area contributed by atoms with E-state index in [9.17, 15) is 24.0 Å². The average molecular weight is 527 g/mol. The predicted molar refractivity (Wildman–Crippen MR) is 150 cm³/mol. The molecule has 10 heteroatoms. The number of imide groups is 1. The van der Waals surface area contributed by atoms with Crippen molar-refractivity contribution in [2.75, 3.05) is 18.1 Å². The van der Waals surface area contributed by atoms with Crippen molar-refractivity contribution in [1.82, 2.24) is 15.5 Å². The molecule has 5 amide bonds. The zero-order chi connectivity index (χ0) is 27.4. The number of nitrogens with zero attached hydrogens (tertiary/aromatic N) is 1. The average Bonchev–Trinajstić information content (AvgIpc) is 3.14. The van der Waals surface area contributed by atoms with Crippen LogP contribution in [0.3, 0.4) is 0 Å². The number of benzene rings is 1. The lowest BCUT2D eigenvalue weighted by molar-refractivity contribution is -0.139. The molecule has 2 rings (SSSR count). The normalized spacial score (nSPS) is 16.7. The van der Waals surface area contributed by atoms with E-state index in [4.69, 9.17) is 0 Å². The lowest BCUT2D eigenvalue weighted by atomic mass is 10.0. The first kappa shape index (κ1) is 31.2. The summed E-state index contributed by atoms with van der Waals surface area (Å²) in [6.45, 7) is 11.1. The van der Waals surface area contributed by atoms with Gasteiger partial charge in [0.2, 0.25) is 29.5 Å². The van der Waals surface area contributed by atoms with Crippen molar-refractivity contribution in [1.29, 1.82) is 0 Å². The van der Waals surface area contributed by atoms with E-state index in [0.29, 0.717) is 5.69 Å². The van der Waals surface area contributed by atoms with E-state index in [0.717, 1.165) is 16.9 Å². The molecule has 3 atom stereocenters. The van der Waals surface area contributed by atoms with Gasteiger partial charge in [0.15, 0.2) is 0 Å². The number of thioether (sulfide) groups is 1. The molecule has 1 aromatic carbocycles. The summed E-state index contributed by atoms with van der Waals surface area (Å²) >= 11 is 1.31. The molecule has 2 unspecified atom stereocenters. The van der Waals surface area contributed by atoms with Crippen molar-refractivity contribution in [3.8, 4) is 0 Å². The molecule has 0 radical (unpaired) electrons. The highest BCUT2D eigenvalue weighted by molar-refractivity contribution is 8.00. The van der Waals surface area contributed by atoms with Crippen LogP contribution in [-0.4, -0.2) is 64.6 Å². The Kier molecular flexibility index (Phi) is 13.2. The Morgan fingerprint density at radius 1 is 1.06 bits per heavy atom. The Bertz CT molecular complexity index is 935. The molecule has 1 aliphatic rings. The summed E-state index contributed by atoms with van der Waals surface area (Å²) in [7, 11) is 0. The molecule has 1 fully saturated rings. The SMILES string of the molecule is CC.CCc1ccc(NC(=O)[C@H](C)NC(=O)C(NC(=O)CCN2C(=O)CC(SC)C2=O)C(C)C)cc1.[HH].[HH].[HH]. The van der Waals surface area contributed by atoms with Crippen molar-refractivity contribution in [2.45, 2.75) is 78.1 Å². The molecule has 1 aliphatic heterocycles.